The van der Waals surface area contributed by atoms with Crippen LogP contribution in [0, 0.1) is 6.92 Å². The Kier molecular flexibility index (Phi) is 4.11. The van der Waals surface area contributed by atoms with Crippen LogP contribution in [0.1, 0.15) is 15.9 Å². The Labute approximate surface area is 134 Å². The normalized spacial score (nSPS) is 10.3. The van der Waals surface area contributed by atoms with Crippen molar-refractivity contribution in [3.8, 4) is 22.6 Å². The smallest absolute Gasteiger partial charge is 0.343 e. The van der Waals surface area contributed by atoms with Crippen molar-refractivity contribution in [2.45, 2.75) is 6.92 Å². The summed E-state index contributed by atoms with van der Waals surface area (Å²) in [6.07, 6.45) is 0. The summed E-state index contributed by atoms with van der Waals surface area (Å²) in [5.74, 6) is 0.363. The quantitative estimate of drug-likeness (QED) is 0.569. The Morgan fingerprint density at radius 3 is 2.09 bits per heavy atom. The molecular weight excluding hydrogens is 288 g/mol. The summed E-state index contributed by atoms with van der Waals surface area (Å²) in [6.45, 7) is 1.93. The van der Waals surface area contributed by atoms with Crippen molar-refractivity contribution >= 4 is 5.97 Å². The minimum Gasteiger partial charge on any atom is -0.508 e. The van der Waals surface area contributed by atoms with Gasteiger partial charge in [-0.05, 0) is 54.4 Å². The highest BCUT2D eigenvalue weighted by Crippen LogP contribution is 2.24. The molecule has 114 valence electrons. The summed E-state index contributed by atoms with van der Waals surface area (Å²) in [5, 5.41) is 9.32. The Hall–Kier alpha value is -3.07. The van der Waals surface area contributed by atoms with Crippen molar-refractivity contribution in [1.82, 2.24) is 0 Å². The van der Waals surface area contributed by atoms with Crippen LogP contribution in [0.2, 0.25) is 0 Å². The van der Waals surface area contributed by atoms with E-state index in [1.165, 1.54) is 0 Å². The van der Waals surface area contributed by atoms with Crippen LogP contribution in [0.15, 0.2) is 72.8 Å². The number of esters is 1. The molecule has 3 nitrogen and oxygen atoms in total. The van der Waals surface area contributed by atoms with Gasteiger partial charge in [0.05, 0.1) is 5.56 Å². The minimum atomic E-state index is -0.369. The van der Waals surface area contributed by atoms with Gasteiger partial charge in [0.15, 0.2) is 0 Å². The van der Waals surface area contributed by atoms with Gasteiger partial charge in [0.2, 0.25) is 0 Å². The van der Waals surface area contributed by atoms with E-state index >= 15 is 0 Å². The maximum absolute atomic E-state index is 12.1. The minimum absolute atomic E-state index is 0.234. The zero-order valence-electron chi connectivity index (χ0n) is 12.7. The molecule has 3 aromatic rings. The van der Waals surface area contributed by atoms with Gasteiger partial charge in [-0.15, -0.1) is 0 Å². The zero-order chi connectivity index (χ0) is 16.2. The molecule has 0 atom stereocenters. The highest BCUT2D eigenvalue weighted by Gasteiger charge is 2.08. The van der Waals surface area contributed by atoms with Gasteiger partial charge >= 0.3 is 5.97 Å². The van der Waals surface area contributed by atoms with Crippen molar-refractivity contribution in [3.05, 3.63) is 83.9 Å². The predicted octanol–water partition coefficient (Wildman–Crippen LogP) is 4.59. The lowest BCUT2D eigenvalue weighted by molar-refractivity contribution is 0.0734. The lowest BCUT2D eigenvalue weighted by Crippen LogP contribution is -2.08. The average molecular weight is 304 g/mol. The molecule has 0 fully saturated rings. The molecule has 0 aliphatic heterocycles. The number of aryl methyl sites for hydroxylation is 1. The molecule has 0 aliphatic carbocycles. The third-order valence-corrected chi connectivity index (χ3v) is 3.52. The molecule has 0 saturated heterocycles. The second-order valence-corrected chi connectivity index (χ2v) is 5.33. The third kappa shape index (κ3) is 3.58. The molecule has 0 amide bonds. The molecule has 3 heteroatoms. The summed E-state index contributed by atoms with van der Waals surface area (Å²) in [5.41, 5.74) is 3.52. The van der Waals surface area contributed by atoms with E-state index in [-0.39, 0.29) is 11.7 Å². The first-order chi connectivity index (χ1) is 11.1. The standard InChI is InChI=1S/C20H16O3/c1-14-3-2-4-17(13-14)20(22)23-19-11-7-16(8-12-19)15-5-9-18(21)10-6-15/h2-13,21H,1H3. The Bertz CT molecular complexity index is 818. The monoisotopic (exact) mass is 304 g/mol. The van der Waals surface area contributed by atoms with E-state index in [9.17, 15) is 9.90 Å². The second-order valence-electron chi connectivity index (χ2n) is 5.33. The SMILES string of the molecule is Cc1cccc(C(=O)Oc2ccc(-c3ccc(O)cc3)cc2)c1. The number of phenolic OH excluding ortho intramolecular Hbond substituents is 1. The number of aromatic hydroxyl groups is 1. The summed E-state index contributed by atoms with van der Waals surface area (Å²) < 4.78 is 5.39. The largest absolute Gasteiger partial charge is 0.508 e. The van der Waals surface area contributed by atoms with Crippen LogP contribution in [0.5, 0.6) is 11.5 Å². The fraction of sp³-hybridized carbons (Fsp3) is 0.0500. The number of rotatable bonds is 3. The molecule has 0 spiro atoms. The molecule has 3 aromatic carbocycles. The van der Waals surface area contributed by atoms with E-state index in [1.807, 2.05) is 43.3 Å². The van der Waals surface area contributed by atoms with E-state index in [1.54, 1.807) is 36.4 Å². The molecule has 0 bridgehead atoms. The summed E-state index contributed by atoms with van der Waals surface area (Å²) in [4.78, 5) is 12.1. The number of benzene rings is 3. The van der Waals surface area contributed by atoms with Crippen LogP contribution < -0.4 is 4.74 Å². The predicted molar refractivity (Wildman–Crippen MR) is 89.7 cm³/mol. The summed E-state index contributed by atoms with van der Waals surface area (Å²) in [6, 6.07) is 21.5. The number of ether oxygens (including phenoxy) is 1. The van der Waals surface area contributed by atoms with Gasteiger partial charge in [0.1, 0.15) is 11.5 Å². The van der Waals surface area contributed by atoms with Crippen LogP contribution in [0.3, 0.4) is 0 Å². The third-order valence-electron chi connectivity index (χ3n) is 3.52. The molecule has 1 N–H and O–H groups in total. The van der Waals surface area contributed by atoms with Crippen molar-refractivity contribution in [3.63, 3.8) is 0 Å². The fourth-order valence-electron chi connectivity index (χ4n) is 2.31. The maximum atomic E-state index is 12.1. The number of carbonyl (C=O) groups excluding carboxylic acids is 1. The van der Waals surface area contributed by atoms with Crippen LogP contribution in [-0.4, -0.2) is 11.1 Å². The van der Waals surface area contributed by atoms with E-state index in [4.69, 9.17) is 4.74 Å². The van der Waals surface area contributed by atoms with Gasteiger partial charge in [-0.25, -0.2) is 4.79 Å². The zero-order valence-corrected chi connectivity index (χ0v) is 12.7. The number of hydrogen-bond acceptors (Lipinski definition) is 3. The van der Waals surface area contributed by atoms with Gasteiger partial charge in [0, 0.05) is 0 Å². The molecule has 0 aliphatic rings. The van der Waals surface area contributed by atoms with Crippen LogP contribution in [0.4, 0.5) is 0 Å². The van der Waals surface area contributed by atoms with Gasteiger partial charge < -0.3 is 9.84 Å². The van der Waals surface area contributed by atoms with Crippen LogP contribution >= 0.6 is 0 Å². The van der Waals surface area contributed by atoms with Crippen molar-refractivity contribution in [2.75, 3.05) is 0 Å². The molecule has 0 saturated carbocycles. The molecular formula is C20H16O3. The Balaban J connectivity index is 1.75. The maximum Gasteiger partial charge on any atom is 0.343 e. The van der Waals surface area contributed by atoms with E-state index in [0.29, 0.717) is 11.3 Å². The topological polar surface area (TPSA) is 46.5 Å². The molecule has 23 heavy (non-hydrogen) atoms. The average Bonchev–Trinajstić information content (AvgIpc) is 2.56. The van der Waals surface area contributed by atoms with Gasteiger partial charge in [-0.1, -0.05) is 42.0 Å². The van der Waals surface area contributed by atoms with Crippen LogP contribution in [-0.2, 0) is 0 Å². The first kappa shape index (κ1) is 14.9. The van der Waals surface area contributed by atoms with Gasteiger partial charge in [0.25, 0.3) is 0 Å². The Morgan fingerprint density at radius 2 is 1.48 bits per heavy atom. The molecule has 0 radical (unpaired) electrons. The molecule has 0 heterocycles. The van der Waals surface area contributed by atoms with Crippen molar-refractivity contribution in [1.29, 1.82) is 0 Å². The van der Waals surface area contributed by atoms with Crippen molar-refractivity contribution in [2.24, 2.45) is 0 Å². The lowest BCUT2D eigenvalue weighted by Gasteiger charge is -2.07. The van der Waals surface area contributed by atoms with Crippen molar-refractivity contribution < 1.29 is 14.6 Å². The summed E-state index contributed by atoms with van der Waals surface area (Å²) in [7, 11) is 0. The second kappa shape index (κ2) is 6.36. The van der Waals surface area contributed by atoms with Crippen LogP contribution in [0.25, 0.3) is 11.1 Å². The number of carbonyl (C=O) groups is 1. The van der Waals surface area contributed by atoms with E-state index in [2.05, 4.69) is 0 Å². The number of hydrogen-bond donors (Lipinski definition) is 1. The highest BCUT2D eigenvalue weighted by molar-refractivity contribution is 5.91. The lowest BCUT2D eigenvalue weighted by atomic mass is 10.1. The molecule has 0 aromatic heterocycles. The first-order valence-corrected chi connectivity index (χ1v) is 7.30. The van der Waals surface area contributed by atoms with E-state index < -0.39 is 0 Å². The summed E-state index contributed by atoms with van der Waals surface area (Å²) >= 11 is 0. The highest BCUT2D eigenvalue weighted by atomic mass is 16.5. The van der Waals surface area contributed by atoms with Gasteiger partial charge in [-0.2, -0.15) is 0 Å². The first-order valence-electron chi connectivity index (χ1n) is 7.30. The Morgan fingerprint density at radius 1 is 0.870 bits per heavy atom. The molecule has 3 rings (SSSR count). The van der Waals surface area contributed by atoms with Gasteiger partial charge in [-0.3, -0.25) is 0 Å². The van der Waals surface area contributed by atoms with E-state index in [0.717, 1.165) is 16.7 Å². The fourth-order valence-corrected chi connectivity index (χ4v) is 2.31. The number of phenols is 1. The molecule has 0 unspecified atom stereocenters.